The molecule has 0 heterocycles. The van der Waals surface area contributed by atoms with Crippen LogP contribution in [0.3, 0.4) is 0 Å². The normalized spacial score (nSPS) is 27.9. The van der Waals surface area contributed by atoms with Gasteiger partial charge in [-0.2, -0.15) is 0 Å². The van der Waals surface area contributed by atoms with E-state index in [2.05, 4.69) is 41.5 Å². The first-order valence-electron chi connectivity index (χ1n) is 8.66. The van der Waals surface area contributed by atoms with Crippen molar-refractivity contribution in [1.82, 2.24) is 10.1 Å². The minimum absolute atomic E-state index is 0.479. The van der Waals surface area contributed by atoms with Crippen LogP contribution < -0.4 is 5.84 Å². The summed E-state index contributed by atoms with van der Waals surface area (Å²) < 4.78 is 0. The van der Waals surface area contributed by atoms with Crippen LogP contribution in [-0.2, 0) is 0 Å². The van der Waals surface area contributed by atoms with E-state index in [1.807, 2.05) is 0 Å². The highest BCUT2D eigenvalue weighted by Gasteiger charge is 2.31. The van der Waals surface area contributed by atoms with Crippen molar-refractivity contribution >= 4 is 0 Å². The van der Waals surface area contributed by atoms with Crippen molar-refractivity contribution in [2.45, 2.75) is 90.1 Å². The molecule has 1 atom stereocenters. The van der Waals surface area contributed by atoms with E-state index in [1.54, 1.807) is 0 Å². The molecule has 2 saturated carbocycles. The van der Waals surface area contributed by atoms with Crippen molar-refractivity contribution in [3.63, 3.8) is 0 Å². The molecule has 2 rings (SSSR count). The first kappa shape index (κ1) is 16.5. The Morgan fingerprint density at radius 3 is 2.24 bits per heavy atom. The fourth-order valence-electron chi connectivity index (χ4n) is 3.94. The Kier molecular flexibility index (Phi) is 5.85. The van der Waals surface area contributed by atoms with Gasteiger partial charge in [0.1, 0.15) is 0 Å². The second-order valence-electron chi connectivity index (χ2n) is 7.64. The number of hydrogen-bond donors (Lipinski definition) is 1. The van der Waals surface area contributed by atoms with E-state index in [4.69, 9.17) is 5.84 Å². The average molecular weight is 295 g/mol. The van der Waals surface area contributed by atoms with Crippen LogP contribution >= 0.6 is 0 Å². The molecule has 0 aromatic carbocycles. The summed E-state index contributed by atoms with van der Waals surface area (Å²) in [7, 11) is 2.17. The van der Waals surface area contributed by atoms with Crippen LogP contribution in [0, 0.1) is 5.41 Å². The smallest absolute Gasteiger partial charge is 0.0663 e. The summed E-state index contributed by atoms with van der Waals surface area (Å²) in [6.45, 7) is 4.79. The lowest BCUT2D eigenvalue weighted by Crippen LogP contribution is -2.49. The van der Waals surface area contributed by atoms with E-state index in [1.165, 1.54) is 64.2 Å². The molecule has 0 amide bonds. The fraction of sp³-hybridized carbons (Fsp3) is 1.00. The van der Waals surface area contributed by atoms with Gasteiger partial charge in [0, 0.05) is 13.1 Å². The predicted octanol–water partition coefficient (Wildman–Crippen LogP) is 4.07. The second kappa shape index (κ2) is 7.43. The van der Waals surface area contributed by atoms with Gasteiger partial charge < -0.3 is 5.84 Å². The summed E-state index contributed by atoms with van der Waals surface area (Å²) in [6, 6.07) is 1.05. The number of rotatable bonds is 4. The van der Waals surface area contributed by atoms with Crippen LogP contribution in [-0.4, -0.2) is 29.3 Å². The maximum absolute atomic E-state index is 5.37. The van der Waals surface area contributed by atoms with E-state index in [0.717, 1.165) is 0 Å². The van der Waals surface area contributed by atoms with Crippen molar-refractivity contribution in [2.75, 3.05) is 7.05 Å². The lowest BCUT2D eigenvalue weighted by Gasteiger charge is -2.40. The molecule has 0 aromatic heterocycles. The van der Waals surface area contributed by atoms with Gasteiger partial charge in [0.05, 0.1) is 6.04 Å². The molecule has 21 heavy (non-hydrogen) atoms. The van der Waals surface area contributed by atoms with Gasteiger partial charge >= 0.3 is 0 Å². The fourth-order valence-corrected chi connectivity index (χ4v) is 3.94. The van der Waals surface area contributed by atoms with Crippen molar-refractivity contribution in [3.8, 4) is 0 Å². The molecule has 2 aliphatic carbocycles. The summed E-state index contributed by atoms with van der Waals surface area (Å²) >= 11 is 0. The van der Waals surface area contributed by atoms with Gasteiger partial charge in [-0.15, -0.1) is 0 Å². The van der Waals surface area contributed by atoms with Crippen LogP contribution in [0.5, 0.6) is 0 Å². The summed E-state index contributed by atoms with van der Waals surface area (Å²) in [4.78, 5) is 0. The zero-order valence-electron chi connectivity index (χ0n) is 14.1. The molecule has 2 aliphatic rings. The average Bonchev–Trinajstić information content (AvgIpc) is 2.66. The Morgan fingerprint density at radius 2 is 1.57 bits per heavy atom. The molecule has 5 heteroatoms. The molecule has 0 spiro atoms. The Morgan fingerprint density at radius 1 is 0.905 bits per heavy atom. The monoisotopic (exact) mass is 295 g/mol. The maximum atomic E-state index is 5.37. The van der Waals surface area contributed by atoms with Crippen molar-refractivity contribution < 1.29 is 0 Å². The summed E-state index contributed by atoms with van der Waals surface area (Å²) in [5, 5.41) is 12.3. The highest BCUT2D eigenvalue weighted by atomic mass is 15.8. The molecule has 0 radical (unpaired) electrons. The van der Waals surface area contributed by atoms with E-state index in [-0.39, 0.29) is 0 Å². The van der Waals surface area contributed by atoms with Crippen LogP contribution in [0.15, 0.2) is 10.4 Å². The molecule has 0 saturated heterocycles. The molecule has 0 aromatic rings. The highest BCUT2D eigenvalue weighted by molar-refractivity contribution is 4.81. The number of hydrazine groups is 1. The molecule has 0 aliphatic heterocycles. The van der Waals surface area contributed by atoms with E-state index in [9.17, 15) is 0 Å². The summed E-state index contributed by atoms with van der Waals surface area (Å²) in [5.41, 5.74) is 0.487. The third kappa shape index (κ3) is 4.56. The topological polar surface area (TPSA) is 57.2 Å². The van der Waals surface area contributed by atoms with Gasteiger partial charge in [-0.1, -0.05) is 44.8 Å². The first-order chi connectivity index (χ1) is 10.0. The first-order valence-corrected chi connectivity index (χ1v) is 8.66. The molecule has 0 bridgehead atoms. The van der Waals surface area contributed by atoms with Crippen LogP contribution in [0.4, 0.5) is 0 Å². The third-order valence-electron chi connectivity index (χ3n) is 5.44. The summed E-state index contributed by atoms with van der Waals surface area (Å²) in [5.74, 6) is 5.37. The Bertz CT molecular complexity index is 336. The quantitative estimate of drug-likeness (QED) is 0.368. The minimum Gasteiger partial charge on any atom is -0.303 e. The zero-order valence-corrected chi connectivity index (χ0v) is 14.1. The van der Waals surface area contributed by atoms with Crippen molar-refractivity contribution in [1.29, 1.82) is 0 Å². The standard InChI is InChI=1S/C16H33N5/c1-16(2)12-7-10-14(11-13-16)20(3)21(19-18-17)15-8-5-4-6-9-15/h14-15H,4-13H2,1-3H3,(H2,17,19). The number of nitrogens with two attached hydrogens (primary N) is 1. The number of nitrogens with zero attached hydrogens (tertiary/aromatic N) is 4. The molecule has 2 fully saturated rings. The van der Waals surface area contributed by atoms with Crippen LogP contribution in [0.2, 0.25) is 0 Å². The van der Waals surface area contributed by atoms with Gasteiger partial charge in [0.25, 0.3) is 0 Å². The predicted molar refractivity (Wildman–Crippen MR) is 86.2 cm³/mol. The second-order valence-corrected chi connectivity index (χ2v) is 7.64. The highest BCUT2D eigenvalue weighted by Crippen LogP contribution is 2.36. The lowest BCUT2D eigenvalue weighted by molar-refractivity contribution is -0.0908. The Labute approximate surface area is 129 Å². The van der Waals surface area contributed by atoms with Gasteiger partial charge in [-0.05, 0) is 49.2 Å². The van der Waals surface area contributed by atoms with Crippen LogP contribution in [0.25, 0.3) is 0 Å². The van der Waals surface area contributed by atoms with Gasteiger partial charge in [-0.25, -0.2) is 10.1 Å². The summed E-state index contributed by atoms with van der Waals surface area (Å²) in [6.07, 6.45) is 12.8. The van der Waals surface area contributed by atoms with Crippen molar-refractivity contribution in [3.05, 3.63) is 0 Å². The van der Waals surface area contributed by atoms with Gasteiger partial charge in [0.15, 0.2) is 0 Å². The molecule has 1 unspecified atom stereocenters. The van der Waals surface area contributed by atoms with Gasteiger partial charge in [-0.3, -0.25) is 0 Å². The van der Waals surface area contributed by atoms with E-state index >= 15 is 0 Å². The zero-order chi connectivity index (χ0) is 15.3. The molecular weight excluding hydrogens is 262 g/mol. The van der Waals surface area contributed by atoms with E-state index < -0.39 is 0 Å². The maximum Gasteiger partial charge on any atom is 0.0663 e. The largest absolute Gasteiger partial charge is 0.303 e. The van der Waals surface area contributed by atoms with Gasteiger partial charge in [0.2, 0.25) is 0 Å². The lowest BCUT2D eigenvalue weighted by atomic mass is 9.85. The molecule has 122 valence electrons. The van der Waals surface area contributed by atoms with E-state index in [0.29, 0.717) is 17.5 Å². The third-order valence-corrected chi connectivity index (χ3v) is 5.44. The van der Waals surface area contributed by atoms with Crippen molar-refractivity contribution in [2.24, 2.45) is 21.7 Å². The minimum atomic E-state index is 0.479. The SMILES string of the molecule is CN(C1CCCC(C)(C)CC1)N(/N=N\N)C1CCCCC1. The molecule has 2 N–H and O–H groups in total. The Balaban J connectivity index is 2.01. The van der Waals surface area contributed by atoms with Crippen LogP contribution in [0.1, 0.15) is 78.1 Å². The molecule has 5 nitrogen and oxygen atoms in total. The molecular formula is C16H33N5. The number of hydrogen-bond acceptors (Lipinski definition) is 3. The Hall–Kier alpha value is -0.840.